The molecule has 0 aliphatic carbocycles. The summed E-state index contributed by atoms with van der Waals surface area (Å²) in [5.41, 5.74) is 1.05. The van der Waals surface area contributed by atoms with Crippen LogP contribution in [0.2, 0.25) is 0 Å². The van der Waals surface area contributed by atoms with Crippen LogP contribution in [0.25, 0.3) is 0 Å². The van der Waals surface area contributed by atoms with E-state index in [4.69, 9.17) is 0 Å². The van der Waals surface area contributed by atoms with E-state index < -0.39 is 0 Å². The molecule has 0 saturated heterocycles. The van der Waals surface area contributed by atoms with Crippen LogP contribution in [0.4, 0.5) is 5.13 Å². The molecule has 6 heteroatoms. The standard InChI is InChI=1S/C13H16N4OS/c1-9(2)12-16-17-13(19-12)15-11(18)6-5-10-4-3-7-14-8-10/h3-4,7-9H,5-6H2,1-2H3,(H,15,17,18). The van der Waals surface area contributed by atoms with Gasteiger partial charge in [-0.15, -0.1) is 10.2 Å². The van der Waals surface area contributed by atoms with Gasteiger partial charge in [-0.1, -0.05) is 31.3 Å². The first-order valence-electron chi connectivity index (χ1n) is 6.17. The first-order chi connectivity index (χ1) is 9.15. The van der Waals surface area contributed by atoms with Crippen molar-refractivity contribution in [1.82, 2.24) is 15.2 Å². The second-order valence-electron chi connectivity index (χ2n) is 4.51. The molecule has 2 aromatic heterocycles. The highest BCUT2D eigenvalue weighted by Crippen LogP contribution is 2.22. The third-order valence-corrected chi connectivity index (χ3v) is 3.68. The lowest BCUT2D eigenvalue weighted by atomic mass is 10.1. The number of carbonyl (C=O) groups is 1. The van der Waals surface area contributed by atoms with Gasteiger partial charge in [0.1, 0.15) is 5.01 Å². The topological polar surface area (TPSA) is 67.8 Å². The molecule has 0 fully saturated rings. The number of hydrogen-bond acceptors (Lipinski definition) is 5. The van der Waals surface area contributed by atoms with E-state index in [-0.39, 0.29) is 5.91 Å². The molecule has 0 aliphatic heterocycles. The second kappa shape index (κ2) is 6.38. The van der Waals surface area contributed by atoms with Gasteiger partial charge >= 0.3 is 0 Å². The highest BCUT2D eigenvalue weighted by atomic mass is 32.1. The Morgan fingerprint density at radius 2 is 2.26 bits per heavy atom. The van der Waals surface area contributed by atoms with Gasteiger partial charge in [0.15, 0.2) is 0 Å². The molecule has 0 spiro atoms. The van der Waals surface area contributed by atoms with Gasteiger partial charge in [-0.25, -0.2) is 0 Å². The van der Waals surface area contributed by atoms with Crippen LogP contribution < -0.4 is 5.32 Å². The molecule has 2 aromatic rings. The minimum absolute atomic E-state index is 0.0460. The first-order valence-corrected chi connectivity index (χ1v) is 6.99. The molecule has 0 bridgehead atoms. The molecule has 0 radical (unpaired) electrons. The van der Waals surface area contributed by atoms with E-state index in [1.807, 2.05) is 12.1 Å². The number of rotatable bonds is 5. The third kappa shape index (κ3) is 4.10. The molecule has 1 amide bonds. The summed E-state index contributed by atoms with van der Waals surface area (Å²) in [5.74, 6) is 0.286. The number of nitrogens with one attached hydrogen (secondary N) is 1. The van der Waals surface area contributed by atoms with E-state index in [2.05, 4.69) is 34.3 Å². The average molecular weight is 276 g/mol. The van der Waals surface area contributed by atoms with Crippen LogP contribution in [0.5, 0.6) is 0 Å². The van der Waals surface area contributed by atoms with Gasteiger partial charge in [0.25, 0.3) is 0 Å². The lowest BCUT2D eigenvalue weighted by molar-refractivity contribution is -0.116. The Hall–Kier alpha value is -1.82. The van der Waals surface area contributed by atoms with Gasteiger partial charge in [-0.05, 0) is 18.1 Å². The maximum Gasteiger partial charge on any atom is 0.226 e. The van der Waals surface area contributed by atoms with Gasteiger partial charge in [-0.2, -0.15) is 0 Å². The van der Waals surface area contributed by atoms with Gasteiger partial charge in [0.05, 0.1) is 0 Å². The lowest BCUT2D eigenvalue weighted by Crippen LogP contribution is -2.12. The summed E-state index contributed by atoms with van der Waals surface area (Å²) in [6.45, 7) is 4.10. The summed E-state index contributed by atoms with van der Waals surface area (Å²) in [7, 11) is 0. The van der Waals surface area contributed by atoms with Gasteiger partial charge in [0, 0.05) is 24.7 Å². The van der Waals surface area contributed by atoms with E-state index in [1.165, 1.54) is 11.3 Å². The molecule has 0 aliphatic rings. The Balaban J connectivity index is 1.84. The van der Waals surface area contributed by atoms with Gasteiger partial charge in [-0.3, -0.25) is 9.78 Å². The zero-order valence-electron chi connectivity index (χ0n) is 11.0. The monoisotopic (exact) mass is 276 g/mol. The third-order valence-electron chi connectivity index (χ3n) is 2.54. The molecule has 2 heterocycles. The smallest absolute Gasteiger partial charge is 0.226 e. The van der Waals surface area contributed by atoms with E-state index in [1.54, 1.807) is 12.4 Å². The molecule has 0 saturated carbocycles. The number of aryl methyl sites for hydroxylation is 1. The van der Waals surface area contributed by atoms with Crippen LogP contribution in [0.1, 0.15) is 36.8 Å². The van der Waals surface area contributed by atoms with E-state index in [0.29, 0.717) is 23.9 Å². The Bertz CT molecular complexity index is 539. The maximum atomic E-state index is 11.8. The van der Waals surface area contributed by atoms with Gasteiger partial charge in [0.2, 0.25) is 11.0 Å². The Morgan fingerprint density at radius 3 is 2.89 bits per heavy atom. The molecule has 0 aromatic carbocycles. The Labute approximate surface area is 116 Å². The minimum atomic E-state index is -0.0460. The predicted octanol–water partition coefficient (Wildman–Crippen LogP) is 2.63. The van der Waals surface area contributed by atoms with Crippen molar-refractivity contribution in [3.63, 3.8) is 0 Å². The number of hydrogen-bond donors (Lipinski definition) is 1. The molecular formula is C13H16N4OS. The van der Waals surface area contributed by atoms with Crippen LogP contribution in [-0.4, -0.2) is 21.1 Å². The van der Waals surface area contributed by atoms with Crippen molar-refractivity contribution in [2.24, 2.45) is 0 Å². The second-order valence-corrected chi connectivity index (χ2v) is 5.52. The summed E-state index contributed by atoms with van der Waals surface area (Å²) < 4.78 is 0. The van der Waals surface area contributed by atoms with E-state index >= 15 is 0 Å². The normalized spacial score (nSPS) is 10.7. The molecule has 19 heavy (non-hydrogen) atoms. The average Bonchev–Trinajstić information content (AvgIpc) is 2.86. The molecule has 1 N–H and O–H groups in total. The van der Waals surface area contributed by atoms with Crippen molar-refractivity contribution in [3.8, 4) is 0 Å². The van der Waals surface area contributed by atoms with E-state index in [0.717, 1.165) is 10.6 Å². The van der Waals surface area contributed by atoms with Crippen molar-refractivity contribution in [2.75, 3.05) is 5.32 Å². The van der Waals surface area contributed by atoms with Crippen molar-refractivity contribution in [1.29, 1.82) is 0 Å². The van der Waals surface area contributed by atoms with Crippen molar-refractivity contribution in [2.45, 2.75) is 32.6 Å². The first kappa shape index (κ1) is 13.6. The zero-order valence-corrected chi connectivity index (χ0v) is 11.8. The number of aromatic nitrogens is 3. The molecule has 0 atom stereocenters. The van der Waals surface area contributed by atoms with Crippen LogP contribution in [0.3, 0.4) is 0 Å². The SMILES string of the molecule is CC(C)c1nnc(NC(=O)CCc2cccnc2)s1. The number of nitrogens with zero attached hydrogens (tertiary/aromatic N) is 3. The number of amides is 1. The molecule has 100 valence electrons. The fourth-order valence-corrected chi connectivity index (χ4v) is 2.27. The predicted molar refractivity (Wildman–Crippen MR) is 75.2 cm³/mol. The molecule has 5 nitrogen and oxygen atoms in total. The molecular weight excluding hydrogens is 260 g/mol. The number of carbonyl (C=O) groups excluding carboxylic acids is 1. The highest BCUT2D eigenvalue weighted by molar-refractivity contribution is 7.15. The molecule has 2 rings (SSSR count). The fraction of sp³-hybridized carbons (Fsp3) is 0.385. The van der Waals surface area contributed by atoms with Crippen LogP contribution in [0.15, 0.2) is 24.5 Å². The lowest BCUT2D eigenvalue weighted by Gasteiger charge is -2.01. The summed E-state index contributed by atoms with van der Waals surface area (Å²) in [4.78, 5) is 15.8. The maximum absolute atomic E-state index is 11.8. The highest BCUT2D eigenvalue weighted by Gasteiger charge is 2.10. The summed E-state index contributed by atoms with van der Waals surface area (Å²) in [6, 6.07) is 3.83. The number of pyridine rings is 1. The van der Waals surface area contributed by atoms with Crippen LogP contribution in [0, 0.1) is 0 Å². The fourth-order valence-electron chi connectivity index (χ4n) is 1.50. The Morgan fingerprint density at radius 1 is 1.42 bits per heavy atom. The van der Waals surface area contributed by atoms with Crippen molar-refractivity contribution in [3.05, 3.63) is 35.1 Å². The zero-order chi connectivity index (χ0) is 13.7. The summed E-state index contributed by atoms with van der Waals surface area (Å²) in [6.07, 6.45) is 4.59. The van der Waals surface area contributed by atoms with Crippen LogP contribution >= 0.6 is 11.3 Å². The van der Waals surface area contributed by atoms with Gasteiger partial charge < -0.3 is 5.32 Å². The summed E-state index contributed by atoms with van der Waals surface area (Å²) in [5, 5.41) is 12.3. The van der Waals surface area contributed by atoms with Crippen molar-refractivity contribution < 1.29 is 4.79 Å². The quantitative estimate of drug-likeness (QED) is 0.911. The minimum Gasteiger partial charge on any atom is -0.301 e. The molecule has 0 unspecified atom stereocenters. The number of anilines is 1. The largest absolute Gasteiger partial charge is 0.301 e. The Kier molecular flexibility index (Phi) is 4.57. The van der Waals surface area contributed by atoms with E-state index in [9.17, 15) is 4.79 Å². The van der Waals surface area contributed by atoms with Crippen LogP contribution in [-0.2, 0) is 11.2 Å². The van der Waals surface area contributed by atoms with Crippen molar-refractivity contribution >= 4 is 22.4 Å². The summed E-state index contributed by atoms with van der Waals surface area (Å²) >= 11 is 1.42.